The zero-order valence-corrected chi connectivity index (χ0v) is 32.3. The third kappa shape index (κ3) is 15.5. The van der Waals surface area contributed by atoms with E-state index in [-0.39, 0.29) is 60.7 Å². The Morgan fingerprint density at radius 3 is 1.26 bits per heavy atom. The van der Waals surface area contributed by atoms with Crippen molar-refractivity contribution in [2.75, 3.05) is 37.1 Å². The number of unbranched alkanes of at least 4 members (excludes halogenated alkanes) is 2. The monoisotopic (exact) mass is 864 g/mol. The third-order valence-corrected chi connectivity index (χ3v) is 7.68. The molecule has 14 nitrogen and oxygen atoms in total. The van der Waals surface area contributed by atoms with Crippen LogP contribution in [0.4, 0.5) is 37.7 Å². The highest BCUT2D eigenvalue weighted by Gasteiger charge is 2.36. The molecule has 0 saturated carbocycles. The molecule has 2 N–H and O–H groups in total. The Morgan fingerprint density at radius 1 is 0.565 bits per heavy atom. The van der Waals surface area contributed by atoms with Gasteiger partial charge in [-0.2, -0.15) is 26.3 Å². The summed E-state index contributed by atoms with van der Waals surface area (Å²) in [6.07, 6.45) is -0.662. The molecule has 2 aromatic carbocycles. The molecule has 0 fully saturated rings. The molecular formula is C42H34F6N6O8. The van der Waals surface area contributed by atoms with E-state index >= 15 is 0 Å². The first-order chi connectivity index (χ1) is 29.5. The minimum atomic E-state index is -5.06. The van der Waals surface area contributed by atoms with Gasteiger partial charge in [-0.3, -0.25) is 9.59 Å². The van der Waals surface area contributed by atoms with E-state index < -0.39 is 58.6 Å². The van der Waals surface area contributed by atoms with Crippen LogP contribution in [0.1, 0.15) is 59.6 Å². The van der Waals surface area contributed by atoms with Crippen LogP contribution in [0.15, 0.2) is 86.5 Å². The van der Waals surface area contributed by atoms with Crippen molar-refractivity contribution in [3.8, 4) is 35.2 Å². The minimum absolute atomic E-state index is 0.0591. The van der Waals surface area contributed by atoms with E-state index in [1.54, 1.807) is 10.6 Å². The van der Waals surface area contributed by atoms with Gasteiger partial charge in [-0.1, -0.05) is 25.0 Å². The number of rotatable bonds is 16. The van der Waals surface area contributed by atoms with Gasteiger partial charge in [0.25, 0.3) is 0 Å². The largest absolute Gasteiger partial charge is 0.490 e. The van der Waals surface area contributed by atoms with E-state index in [0.717, 1.165) is 36.4 Å². The maximum absolute atomic E-state index is 14.0. The van der Waals surface area contributed by atoms with Crippen LogP contribution in [0.25, 0.3) is 0 Å². The van der Waals surface area contributed by atoms with Crippen molar-refractivity contribution in [3.63, 3.8) is 0 Å². The predicted octanol–water partition coefficient (Wildman–Crippen LogP) is 6.46. The molecule has 0 bridgehead atoms. The number of anilines is 2. The van der Waals surface area contributed by atoms with Gasteiger partial charge in [-0.05, 0) is 73.9 Å². The number of carbonyl (C=O) groups excluding carboxylic acids is 4. The van der Waals surface area contributed by atoms with Crippen LogP contribution >= 0.6 is 0 Å². The van der Waals surface area contributed by atoms with Gasteiger partial charge in [0.2, 0.25) is 11.6 Å². The number of carbonyl (C=O) groups is 4. The molecule has 0 unspecified atom stereocenters. The first kappa shape index (κ1) is 46.9. The number of nitrogens with zero attached hydrogens (tertiary/aromatic N) is 4. The number of ether oxygens (including phenoxy) is 4. The van der Waals surface area contributed by atoms with Crippen molar-refractivity contribution >= 4 is 35.1 Å². The van der Waals surface area contributed by atoms with Gasteiger partial charge < -0.3 is 29.6 Å². The first-order valence-corrected chi connectivity index (χ1v) is 18.1. The molecule has 0 spiro atoms. The van der Waals surface area contributed by atoms with Crippen molar-refractivity contribution in [2.24, 2.45) is 0 Å². The lowest BCUT2D eigenvalue weighted by Gasteiger charge is -2.16. The zero-order valence-electron chi connectivity index (χ0n) is 32.3. The molecule has 62 heavy (non-hydrogen) atoms. The molecule has 4 aromatic rings. The summed E-state index contributed by atoms with van der Waals surface area (Å²) >= 11 is 0. The summed E-state index contributed by atoms with van der Waals surface area (Å²) in [7, 11) is 0. The smallest absolute Gasteiger partial charge is 0.418 e. The fraction of sp³-hybridized carbons (Fsp3) is 0.238. The van der Waals surface area contributed by atoms with E-state index in [1.807, 2.05) is 0 Å². The quantitative estimate of drug-likeness (QED) is 0.0314. The number of benzene rings is 2. The second kappa shape index (κ2) is 22.6. The van der Waals surface area contributed by atoms with E-state index in [1.165, 1.54) is 24.8 Å². The van der Waals surface area contributed by atoms with Crippen LogP contribution in [0.3, 0.4) is 0 Å². The third-order valence-electron chi connectivity index (χ3n) is 7.68. The summed E-state index contributed by atoms with van der Waals surface area (Å²) in [5.74, 6) is 5.94. The summed E-state index contributed by atoms with van der Waals surface area (Å²) in [5.41, 5.74) is -4.89. The second-order valence-corrected chi connectivity index (χ2v) is 12.3. The van der Waals surface area contributed by atoms with Gasteiger partial charge in [0, 0.05) is 23.3 Å². The molecule has 4 rings (SSSR count). The number of nitrogens with one attached hydrogen (secondary N) is 2. The molecule has 20 heteroatoms. The first-order valence-electron chi connectivity index (χ1n) is 18.1. The van der Waals surface area contributed by atoms with Gasteiger partial charge in [0.05, 0.1) is 73.7 Å². The van der Waals surface area contributed by atoms with Crippen molar-refractivity contribution in [3.05, 3.63) is 120 Å². The average molecular weight is 865 g/mol. The Hall–Kier alpha value is -7.74. The number of hydrogen-bond acceptors (Lipinski definition) is 12. The number of aromatic nitrogens is 4. The maximum atomic E-state index is 14.0. The van der Waals surface area contributed by atoms with Crippen LogP contribution in [0.5, 0.6) is 11.5 Å². The molecule has 0 aliphatic carbocycles. The lowest BCUT2D eigenvalue weighted by molar-refractivity contribution is -0.138. The maximum Gasteiger partial charge on any atom is 0.418 e. The second-order valence-electron chi connectivity index (χ2n) is 12.3. The van der Waals surface area contributed by atoms with Crippen LogP contribution in [-0.2, 0) is 41.0 Å². The fourth-order valence-corrected chi connectivity index (χ4v) is 4.71. The van der Waals surface area contributed by atoms with Crippen molar-refractivity contribution in [1.82, 2.24) is 19.9 Å². The minimum Gasteiger partial charge on any atom is -0.490 e. The summed E-state index contributed by atoms with van der Waals surface area (Å²) in [5, 5.41) is 3.57. The molecule has 2 aromatic heterocycles. The van der Waals surface area contributed by atoms with E-state index in [0.29, 0.717) is 37.8 Å². The Bertz CT molecular complexity index is 2220. The van der Waals surface area contributed by atoms with E-state index in [2.05, 4.69) is 56.8 Å². The summed E-state index contributed by atoms with van der Waals surface area (Å²) in [4.78, 5) is 63.4. The van der Waals surface area contributed by atoms with E-state index in [9.17, 15) is 45.5 Å². The predicted molar refractivity (Wildman–Crippen MR) is 208 cm³/mol. The lowest BCUT2D eigenvalue weighted by atomic mass is 10.1. The van der Waals surface area contributed by atoms with Gasteiger partial charge in [-0.15, -0.1) is 0 Å². The Labute approximate surface area is 349 Å². The van der Waals surface area contributed by atoms with Gasteiger partial charge >= 0.3 is 36.1 Å². The van der Waals surface area contributed by atoms with Crippen LogP contribution < -0.4 is 20.1 Å². The van der Waals surface area contributed by atoms with Gasteiger partial charge in [0.1, 0.15) is 0 Å². The van der Waals surface area contributed by atoms with Crippen LogP contribution in [0.2, 0.25) is 0 Å². The number of alkyl halides is 6. The average Bonchev–Trinajstić information content (AvgIpc) is 3.25. The highest BCUT2D eigenvalue weighted by atomic mass is 19.4. The van der Waals surface area contributed by atoms with Crippen LogP contribution in [-0.4, -0.2) is 70.1 Å². The topological polar surface area (TPSA) is 181 Å². The molecule has 0 saturated heterocycles. The molecule has 0 aliphatic heterocycles. The van der Waals surface area contributed by atoms with Crippen molar-refractivity contribution < 1.29 is 64.5 Å². The number of hydrogen-bond donors (Lipinski definition) is 2. The Balaban J connectivity index is 1.36. The van der Waals surface area contributed by atoms with Crippen LogP contribution in [0, 0.1) is 23.7 Å². The molecule has 0 radical (unpaired) electrons. The van der Waals surface area contributed by atoms with Crippen molar-refractivity contribution in [2.45, 2.75) is 38.0 Å². The zero-order chi connectivity index (χ0) is 45.1. The number of esters is 2. The number of amides is 2. The van der Waals surface area contributed by atoms with Gasteiger partial charge in [-0.25, -0.2) is 29.5 Å². The molecule has 2 heterocycles. The standard InChI is InChI=1S/C42H34F6N6O8/c1-3-37(55)61-19-7-5-17-59-29-23-49-35(50-24-29)15-11-27-9-13-33(31(21-27)41(43,44)45)53-39(57)40(58)54-34-14-10-28(22-32(34)42(46,47)48)12-16-36-51-25-30(26-52-36)60-18-6-8-20-62-38(56)4-2/h3-4,9-10,13-14,21-26H,1-2,5-8,17-20H2,(H,53,57)(H,54,58). The lowest BCUT2D eigenvalue weighted by Crippen LogP contribution is -2.31. The SMILES string of the molecule is C=CC(=O)OCCCCOc1cnc(C#Cc2ccc(NC(=O)C(=O)Nc3ccc(C#Cc4ncc(OCCCCOC(=O)C=C)cn4)cc3C(F)(F)F)c(C(F)(F)F)c2)nc1. The molecular weight excluding hydrogens is 830 g/mol. The molecule has 322 valence electrons. The van der Waals surface area contributed by atoms with E-state index in [4.69, 9.17) is 18.9 Å². The summed E-state index contributed by atoms with van der Waals surface area (Å²) < 4.78 is 105. The molecule has 2 amide bonds. The number of halogens is 6. The Kier molecular flexibility index (Phi) is 17.1. The summed E-state index contributed by atoms with van der Waals surface area (Å²) in [6, 6.07) is 5.03. The van der Waals surface area contributed by atoms with Gasteiger partial charge in [0.15, 0.2) is 11.5 Å². The Morgan fingerprint density at radius 2 is 0.919 bits per heavy atom. The normalized spacial score (nSPS) is 10.7. The summed E-state index contributed by atoms with van der Waals surface area (Å²) in [6.45, 7) is 7.49. The fourth-order valence-electron chi connectivity index (χ4n) is 4.71. The highest BCUT2D eigenvalue weighted by molar-refractivity contribution is 6.43. The van der Waals surface area contributed by atoms with Crippen molar-refractivity contribution in [1.29, 1.82) is 0 Å². The highest BCUT2D eigenvalue weighted by Crippen LogP contribution is 2.37. The molecule has 0 atom stereocenters. The molecule has 0 aliphatic rings.